The minimum atomic E-state index is -0.958. The number of aromatic nitrogens is 2. The fourth-order valence-electron chi connectivity index (χ4n) is 1.89. The molecule has 1 fully saturated rings. The maximum Gasteiger partial charge on any atom is 0.325 e. The number of rotatable bonds is 2. The highest BCUT2D eigenvalue weighted by Gasteiger charge is 2.32. The lowest BCUT2D eigenvalue weighted by Gasteiger charge is -2.14. The van der Waals surface area contributed by atoms with E-state index in [1.807, 2.05) is 4.98 Å². The molecule has 1 amide bonds. The number of carboxylic acids is 1. The van der Waals surface area contributed by atoms with Crippen LogP contribution in [0.1, 0.15) is 16.8 Å². The molecule has 1 aliphatic rings. The molecule has 1 aromatic rings. The SMILES string of the molecule is O=C(O)C1CCN(C(=O)c2c[nH]c(=O)[nH]c2=O)C1. The fraction of sp³-hybridized carbons (Fsp3) is 0.400. The zero-order valence-electron chi connectivity index (χ0n) is 9.30. The van der Waals surface area contributed by atoms with Gasteiger partial charge in [0.25, 0.3) is 11.5 Å². The highest BCUT2D eigenvalue weighted by molar-refractivity contribution is 5.94. The number of hydrogen-bond donors (Lipinski definition) is 3. The molecule has 1 saturated heterocycles. The average molecular weight is 253 g/mol. The molecule has 1 aromatic heterocycles. The van der Waals surface area contributed by atoms with Crippen LogP contribution in [0.15, 0.2) is 15.8 Å². The summed E-state index contributed by atoms with van der Waals surface area (Å²) in [5, 5.41) is 8.82. The van der Waals surface area contributed by atoms with Crippen LogP contribution in [0.3, 0.4) is 0 Å². The van der Waals surface area contributed by atoms with E-state index in [4.69, 9.17) is 5.11 Å². The summed E-state index contributed by atoms with van der Waals surface area (Å²) >= 11 is 0. The Kier molecular flexibility index (Phi) is 3.00. The van der Waals surface area contributed by atoms with Crippen LogP contribution in [-0.2, 0) is 4.79 Å². The molecular weight excluding hydrogens is 242 g/mol. The second kappa shape index (κ2) is 4.47. The molecule has 0 spiro atoms. The number of hydrogen-bond acceptors (Lipinski definition) is 4. The van der Waals surface area contributed by atoms with Crippen molar-refractivity contribution in [3.63, 3.8) is 0 Å². The lowest BCUT2D eigenvalue weighted by Crippen LogP contribution is -2.36. The Morgan fingerprint density at radius 2 is 2.11 bits per heavy atom. The van der Waals surface area contributed by atoms with E-state index in [-0.39, 0.29) is 18.7 Å². The maximum absolute atomic E-state index is 11.9. The molecular formula is C10H11N3O5. The van der Waals surface area contributed by atoms with Gasteiger partial charge in [-0.2, -0.15) is 0 Å². The second-order valence-electron chi connectivity index (χ2n) is 4.06. The molecule has 8 nitrogen and oxygen atoms in total. The van der Waals surface area contributed by atoms with E-state index >= 15 is 0 Å². The predicted molar refractivity (Wildman–Crippen MR) is 59.3 cm³/mol. The van der Waals surface area contributed by atoms with Gasteiger partial charge in [-0.15, -0.1) is 0 Å². The maximum atomic E-state index is 11.9. The van der Waals surface area contributed by atoms with Gasteiger partial charge in [-0.05, 0) is 6.42 Å². The van der Waals surface area contributed by atoms with Crippen molar-refractivity contribution in [1.82, 2.24) is 14.9 Å². The van der Waals surface area contributed by atoms with Gasteiger partial charge in [-0.25, -0.2) is 4.79 Å². The molecule has 1 aliphatic heterocycles. The van der Waals surface area contributed by atoms with Gasteiger partial charge in [0.15, 0.2) is 0 Å². The first-order valence-corrected chi connectivity index (χ1v) is 5.33. The molecule has 3 N–H and O–H groups in total. The van der Waals surface area contributed by atoms with Gasteiger partial charge >= 0.3 is 11.7 Å². The molecule has 8 heteroatoms. The summed E-state index contributed by atoms with van der Waals surface area (Å²) < 4.78 is 0. The number of aliphatic carboxylic acids is 1. The largest absolute Gasteiger partial charge is 0.481 e. The fourth-order valence-corrected chi connectivity index (χ4v) is 1.89. The highest BCUT2D eigenvalue weighted by Crippen LogP contribution is 2.17. The van der Waals surface area contributed by atoms with Crippen molar-refractivity contribution in [3.8, 4) is 0 Å². The Hall–Kier alpha value is -2.38. The van der Waals surface area contributed by atoms with Crippen molar-refractivity contribution >= 4 is 11.9 Å². The van der Waals surface area contributed by atoms with Crippen molar-refractivity contribution in [2.24, 2.45) is 5.92 Å². The van der Waals surface area contributed by atoms with Crippen molar-refractivity contribution < 1.29 is 14.7 Å². The summed E-state index contributed by atoms with van der Waals surface area (Å²) in [5.41, 5.74) is -1.66. The quantitative estimate of drug-likeness (QED) is 0.598. The highest BCUT2D eigenvalue weighted by atomic mass is 16.4. The van der Waals surface area contributed by atoms with E-state index in [2.05, 4.69) is 4.98 Å². The summed E-state index contributed by atoms with van der Waals surface area (Å²) in [7, 11) is 0. The van der Waals surface area contributed by atoms with Crippen LogP contribution in [0.4, 0.5) is 0 Å². The summed E-state index contributed by atoms with van der Waals surface area (Å²) in [4.78, 5) is 50.4. The van der Waals surface area contributed by atoms with Crippen LogP contribution in [0.25, 0.3) is 0 Å². The first-order valence-electron chi connectivity index (χ1n) is 5.33. The molecule has 0 aromatic carbocycles. The second-order valence-corrected chi connectivity index (χ2v) is 4.06. The van der Waals surface area contributed by atoms with Gasteiger partial charge in [0, 0.05) is 19.3 Å². The normalized spacial score (nSPS) is 18.9. The van der Waals surface area contributed by atoms with Crippen molar-refractivity contribution in [2.75, 3.05) is 13.1 Å². The van der Waals surface area contributed by atoms with E-state index in [0.29, 0.717) is 6.42 Å². The third-order valence-corrected chi connectivity index (χ3v) is 2.87. The van der Waals surface area contributed by atoms with E-state index < -0.39 is 29.0 Å². The van der Waals surface area contributed by atoms with Gasteiger partial charge in [0.05, 0.1) is 5.92 Å². The van der Waals surface area contributed by atoms with Crippen LogP contribution >= 0.6 is 0 Å². The molecule has 1 atom stereocenters. The molecule has 0 saturated carbocycles. The summed E-state index contributed by atoms with van der Waals surface area (Å²) in [6, 6.07) is 0. The molecule has 2 rings (SSSR count). The number of nitrogens with one attached hydrogen (secondary N) is 2. The van der Waals surface area contributed by atoms with Gasteiger partial charge in [-0.1, -0.05) is 0 Å². The van der Waals surface area contributed by atoms with Crippen LogP contribution in [0, 0.1) is 5.92 Å². The zero-order valence-corrected chi connectivity index (χ0v) is 9.30. The lowest BCUT2D eigenvalue weighted by atomic mass is 10.1. The Labute approximate surface area is 100 Å². The minimum absolute atomic E-state index is 0.0761. The summed E-state index contributed by atoms with van der Waals surface area (Å²) in [6.45, 7) is 0.362. The van der Waals surface area contributed by atoms with Crippen LogP contribution < -0.4 is 11.2 Å². The number of likely N-dealkylation sites (tertiary alicyclic amines) is 1. The van der Waals surface area contributed by atoms with Gasteiger partial charge in [-0.3, -0.25) is 19.4 Å². The van der Waals surface area contributed by atoms with Crippen LogP contribution in [-0.4, -0.2) is 44.9 Å². The topological polar surface area (TPSA) is 123 Å². The lowest BCUT2D eigenvalue weighted by molar-refractivity contribution is -0.141. The first kappa shape index (κ1) is 12.1. The summed E-state index contributed by atoms with van der Waals surface area (Å²) in [5.74, 6) is -2.13. The van der Waals surface area contributed by atoms with Crippen LogP contribution in [0.5, 0.6) is 0 Å². The molecule has 1 unspecified atom stereocenters. The monoisotopic (exact) mass is 253 g/mol. The standard InChI is InChI=1S/C10H11N3O5/c14-7-6(3-11-10(18)12-7)8(15)13-2-1-5(4-13)9(16)17/h3,5H,1-2,4H2,(H,16,17)(H2,11,12,14,18). The number of aromatic amines is 2. The third-order valence-electron chi connectivity index (χ3n) is 2.87. The zero-order chi connectivity index (χ0) is 13.3. The van der Waals surface area contributed by atoms with Crippen molar-refractivity contribution in [1.29, 1.82) is 0 Å². The van der Waals surface area contributed by atoms with Gasteiger partial charge in [0.2, 0.25) is 0 Å². The Morgan fingerprint density at radius 3 is 2.67 bits per heavy atom. The number of carbonyl (C=O) groups excluding carboxylic acids is 1. The van der Waals surface area contributed by atoms with Gasteiger partial charge in [0.1, 0.15) is 5.56 Å². The Bertz CT molecular complexity index is 602. The smallest absolute Gasteiger partial charge is 0.325 e. The number of H-pyrrole nitrogens is 2. The first-order chi connectivity index (χ1) is 8.49. The molecule has 0 radical (unpaired) electrons. The number of carbonyl (C=O) groups is 2. The third kappa shape index (κ3) is 2.17. The Balaban J connectivity index is 2.20. The molecule has 0 bridgehead atoms. The molecule has 96 valence electrons. The van der Waals surface area contributed by atoms with Crippen LogP contribution in [0.2, 0.25) is 0 Å². The number of amides is 1. The van der Waals surface area contributed by atoms with E-state index in [0.717, 1.165) is 6.20 Å². The molecule has 2 heterocycles. The van der Waals surface area contributed by atoms with E-state index in [1.54, 1.807) is 0 Å². The van der Waals surface area contributed by atoms with Gasteiger partial charge < -0.3 is 15.0 Å². The number of carboxylic acid groups (broad SMARTS) is 1. The average Bonchev–Trinajstić information content (AvgIpc) is 2.77. The van der Waals surface area contributed by atoms with E-state index in [1.165, 1.54) is 4.90 Å². The summed E-state index contributed by atoms with van der Waals surface area (Å²) in [6.07, 6.45) is 1.40. The molecule has 18 heavy (non-hydrogen) atoms. The van der Waals surface area contributed by atoms with Crippen molar-refractivity contribution in [2.45, 2.75) is 6.42 Å². The predicted octanol–water partition coefficient (Wildman–Crippen LogP) is -1.39. The Morgan fingerprint density at radius 1 is 1.39 bits per heavy atom. The number of nitrogens with zero attached hydrogens (tertiary/aromatic N) is 1. The minimum Gasteiger partial charge on any atom is -0.481 e. The molecule has 0 aliphatic carbocycles. The van der Waals surface area contributed by atoms with E-state index in [9.17, 15) is 19.2 Å². The van der Waals surface area contributed by atoms with Crippen molar-refractivity contribution in [3.05, 3.63) is 32.6 Å².